The van der Waals surface area contributed by atoms with E-state index in [-0.39, 0.29) is 17.0 Å². The van der Waals surface area contributed by atoms with Gasteiger partial charge in [0, 0.05) is 12.1 Å². The van der Waals surface area contributed by atoms with Gasteiger partial charge in [0.2, 0.25) is 10.0 Å². The molecule has 1 fully saturated rings. The molecule has 0 radical (unpaired) electrons. The van der Waals surface area contributed by atoms with E-state index in [2.05, 4.69) is 10.0 Å². The Morgan fingerprint density at radius 2 is 1.81 bits per heavy atom. The van der Waals surface area contributed by atoms with Crippen LogP contribution >= 0.6 is 0 Å². The van der Waals surface area contributed by atoms with Gasteiger partial charge in [0.05, 0.1) is 4.90 Å². The second kappa shape index (κ2) is 5.45. The quantitative estimate of drug-likeness (QED) is 0.701. The SMILES string of the molecule is CCNS(=O)(=O)c1ccc(C(=O)NC2(C(=O)O)CC2)cc1. The molecule has 1 aromatic rings. The van der Waals surface area contributed by atoms with Crippen LogP contribution in [0, 0.1) is 0 Å². The molecule has 2 rings (SSSR count). The third kappa shape index (κ3) is 3.22. The first-order valence-corrected chi connectivity index (χ1v) is 7.95. The van der Waals surface area contributed by atoms with Gasteiger partial charge < -0.3 is 10.4 Å². The first-order chi connectivity index (χ1) is 9.81. The number of hydrogen-bond acceptors (Lipinski definition) is 4. The highest BCUT2D eigenvalue weighted by Crippen LogP contribution is 2.35. The molecule has 1 aliphatic rings. The second-order valence-corrected chi connectivity index (χ2v) is 6.63. The molecule has 1 aromatic carbocycles. The van der Waals surface area contributed by atoms with Crippen molar-refractivity contribution < 1.29 is 23.1 Å². The average Bonchev–Trinajstić information content (AvgIpc) is 3.20. The summed E-state index contributed by atoms with van der Waals surface area (Å²) in [5.41, 5.74) is -0.941. The fourth-order valence-electron chi connectivity index (χ4n) is 1.87. The van der Waals surface area contributed by atoms with Crippen molar-refractivity contribution in [3.05, 3.63) is 29.8 Å². The lowest BCUT2D eigenvalue weighted by Gasteiger charge is -2.12. The molecule has 8 heteroatoms. The summed E-state index contributed by atoms with van der Waals surface area (Å²) in [6.45, 7) is 1.94. The minimum Gasteiger partial charge on any atom is -0.480 e. The Balaban J connectivity index is 2.13. The van der Waals surface area contributed by atoms with Crippen LogP contribution in [0.25, 0.3) is 0 Å². The zero-order valence-corrected chi connectivity index (χ0v) is 12.2. The lowest BCUT2D eigenvalue weighted by atomic mass is 10.2. The van der Waals surface area contributed by atoms with E-state index in [1.807, 2.05) is 0 Å². The highest BCUT2D eigenvalue weighted by molar-refractivity contribution is 7.89. The van der Waals surface area contributed by atoms with E-state index in [4.69, 9.17) is 5.11 Å². The predicted molar refractivity (Wildman–Crippen MR) is 74.4 cm³/mol. The number of nitrogens with one attached hydrogen (secondary N) is 2. The molecule has 0 aromatic heterocycles. The summed E-state index contributed by atoms with van der Waals surface area (Å²) in [7, 11) is -3.56. The number of carboxylic acid groups (broad SMARTS) is 1. The molecule has 1 aliphatic carbocycles. The molecule has 1 saturated carbocycles. The summed E-state index contributed by atoms with van der Waals surface area (Å²) in [6, 6.07) is 5.34. The number of carboxylic acids is 1. The molecule has 0 saturated heterocycles. The van der Waals surface area contributed by atoms with Gasteiger partial charge in [-0.3, -0.25) is 4.79 Å². The van der Waals surface area contributed by atoms with Crippen molar-refractivity contribution in [2.45, 2.75) is 30.2 Å². The normalized spacial score (nSPS) is 16.2. The number of hydrogen-bond donors (Lipinski definition) is 3. The summed E-state index contributed by atoms with van der Waals surface area (Å²) in [6.07, 6.45) is 0.807. The number of benzene rings is 1. The van der Waals surface area contributed by atoms with Crippen LogP contribution in [0.2, 0.25) is 0 Å². The Hall–Kier alpha value is -1.93. The predicted octanol–water partition coefficient (Wildman–Crippen LogP) is 0.332. The number of carbonyl (C=O) groups excluding carboxylic acids is 1. The van der Waals surface area contributed by atoms with E-state index in [9.17, 15) is 18.0 Å². The van der Waals surface area contributed by atoms with Crippen molar-refractivity contribution in [2.24, 2.45) is 0 Å². The molecule has 3 N–H and O–H groups in total. The Bertz CT molecular complexity index is 662. The molecule has 21 heavy (non-hydrogen) atoms. The Labute approximate surface area is 122 Å². The summed E-state index contributed by atoms with van der Waals surface area (Å²) >= 11 is 0. The molecule has 0 unspecified atom stereocenters. The van der Waals surface area contributed by atoms with Gasteiger partial charge in [-0.2, -0.15) is 0 Å². The second-order valence-electron chi connectivity index (χ2n) is 4.87. The smallest absolute Gasteiger partial charge is 0.329 e. The van der Waals surface area contributed by atoms with Crippen molar-refractivity contribution in [2.75, 3.05) is 6.54 Å². The molecular weight excluding hydrogens is 296 g/mol. The molecule has 0 bridgehead atoms. The van der Waals surface area contributed by atoms with Crippen molar-refractivity contribution in [1.82, 2.24) is 10.0 Å². The van der Waals surface area contributed by atoms with Crippen molar-refractivity contribution in [3.8, 4) is 0 Å². The van der Waals surface area contributed by atoms with Gasteiger partial charge in [-0.15, -0.1) is 0 Å². The zero-order chi connectivity index (χ0) is 15.7. The zero-order valence-electron chi connectivity index (χ0n) is 11.4. The van der Waals surface area contributed by atoms with Gasteiger partial charge in [-0.05, 0) is 37.1 Å². The summed E-state index contributed by atoms with van der Waals surface area (Å²) in [4.78, 5) is 23.0. The van der Waals surface area contributed by atoms with E-state index in [0.717, 1.165) is 0 Å². The van der Waals surface area contributed by atoms with E-state index in [1.54, 1.807) is 6.92 Å². The number of carbonyl (C=O) groups is 2. The summed E-state index contributed by atoms with van der Waals surface area (Å²) in [5, 5.41) is 11.5. The molecule has 0 atom stereocenters. The van der Waals surface area contributed by atoms with Crippen molar-refractivity contribution in [1.29, 1.82) is 0 Å². The third-order valence-electron chi connectivity index (χ3n) is 3.27. The minimum atomic E-state index is -3.56. The number of aliphatic carboxylic acids is 1. The van der Waals surface area contributed by atoms with Crippen LogP contribution in [0.5, 0.6) is 0 Å². The standard InChI is InChI=1S/C13H16N2O5S/c1-2-14-21(19,20)10-5-3-9(4-6-10)11(16)15-13(7-8-13)12(17)18/h3-6,14H,2,7-8H2,1H3,(H,15,16)(H,17,18). The molecule has 114 valence electrons. The van der Waals surface area contributed by atoms with Crippen LogP contribution in [0.15, 0.2) is 29.2 Å². The summed E-state index contributed by atoms with van der Waals surface area (Å²) in [5.74, 6) is -1.58. The average molecular weight is 312 g/mol. The topological polar surface area (TPSA) is 113 Å². The minimum absolute atomic E-state index is 0.0558. The highest BCUT2D eigenvalue weighted by Gasteiger charge is 2.51. The van der Waals surface area contributed by atoms with Gasteiger partial charge in [0.15, 0.2) is 0 Å². The fraction of sp³-hybridized carbons (Fsp3) is 0.385. The molecule has 1 amide bonds. The van der Waals surface area contributed by atoms with Gasteiger partial charge >= 0.3 is 5.97 Å². The number of rotatable bonds is 6. The number of sulfonamides is 1. The third-order valence-corrected chi connectivity index (χ3v) is 4.83. The lowest BCUT2D eigenvalue weighted by Crippen LogP contribution is -2.43. The largest absolute Gasteiger partial charge is 0.480 e. The fourth-order valence-corrected chi connectivity index (χ4v) is 2.91. The van der Waals surface area contributed by atoms with Gasteiger partial charge in [-0.25, -0.2) is 17.9 Å². The number of amides is 1. The van der Waals surface area contributed by atoms with Crippen molar-refractivity contribution in [3.63, 3.8) is 0 Å². The van der Waals surface area contributed by atoms with E-state index >= 15 is 0 Å². The molecular formula is C13H16N2O5S. The lowest BCUT2D eigenvalue weighted by molar-refractivity contribution is -0.140. The van der Waals surface area contributed by atoms with E-state index < -0.39 is 27.4 Å². The molecule has 7 nitrogen and oxygen atoms in total. The maximum atomic E-state index is 12.0. The first kappa shape index (κ1) is 15.5. The van der Waals surface area contributed by atoms with Crippen LogP contribution in [0.4, 0.5) is 0 Å². The summed E-state index contributed by atoms with van der Waals surface area (Å²) < 4.78 is 25.8. The monoisotopic (exact) mass is 312 g/mol. The molecule has 0 spiro atoms. The van der Waals surface area contributed by atoms with Crippen LogP contribution in [0.1, 0.15) is 30.1 Å². The Morgan fingerprint density at radius 3 is 2.24 bits per heavy atom. The van der Waals surface area contributed by atoms with Crippen LogP contribution in [-0.2, 0) is 14.8 Å². The maximum Gasteiger partial charge on any atom is 0.329 e. The first-order valence-electron chi connectivity index (χ1n) is 6.46. The molecule has 0 aliphatic heterocycles. The van der Waals surface area contributed by atoms with Gasteiger partial charge in [0.25, 0.3) is 5.91 Å². The van der Waals surface area contributed by atoms with E-state index in [1.165, 1.54) is 24.3 Å². The van der Waals surface area contributed by atoms with Crippen LogP contribution in [0.3, 0.4) is 0 Å². The van der Waals surface area contributed by atoms with Crippen LogP contribution in [-0.4, -0.2) is 37.5 Å². The van der Waals surface area contributed by atoms with Gasteiger partial charge in [-0.1, -0.05) is 6.92 Å². The van der Waals surface area contributed by atoms with E-state index in [0.29, 0.717) is 12.8 Å². The highest BCUT2D eigenvalue weighted by atomic mass is 32.2. The Kier molecular flexibility index (Phi) is 4.02. The van der Waals surface area contributed by atoms with Crippen LogP contribution < -0.4 is 10.0 Å². The molecule has 0 heterocycles. The maximum absolute atomic E-state index is 12.0. The Morgan fingerprint density at radius 1 is 1.24 bits per heavy atom. The van der Waals surface area contributed by atoms with Crippen molar-refractivity contribution >= 4 is 21.9 Å². The van der Waals surface area contributed by atoms with Gasteiger partial charge in [0.1, 0.15) is 5.54 Å².